The Balaban J connectivity index is 1.16. The molecular weight excluding hydrogens is 581 g/mol. The van der Waals surface area contributed by atoms with Crippen LogP contribution in [0, 0.1) is 17.2 Å². The number of hydrogen-bond acceptors (Lipinski definition) is 7. The highest BCUT2D eigenvalue weighted by molar-refractivity contribution is 7.22. The van der Waals surface area contributed by atoms with E-state index in [1.165, 1.54) is 23.5 Å². The summed E-state index contributed by atoms with van der Waals surface area (Å²) in [5.74, 6) is -0.680. The Morgan fingerprint density at radius 2 is 1.93 bits per heavy atom. The zero-order valence-electron chi connectivity index (χ0n) is 24.6. The van der Waals surface area contributed by atoms with Crippen molar-refractivity contribution in [3.63, 3.8) is 0 Å². The maximum atomic E-state index is 13.8. The summed E-state index contributed by atoms with van der Waals surface area (Å²) in [6.07, 6.45) is 7.87. The van der Waals surface area contributed by atoms with Gasteiger partial charge in [-0.2, -0.15) is 0 Å². The molecule has 3 atom stereocenters. The van der Waals surface area contributed by atoms with Crippen LogP contribution in [0.25, 0.3) is 10.2 Å². The summed E-state index contributed by atoms with van der Waals surface area (Å²) >= 11 is 1.25. The van der Waals surface area contributed by atoms with E-state index in [2.05, 4.69) is 38.0 Å². The summed E-state index contributed by atoms with van der Waals surface area (Å²) in [5, 5.41) is 9.72. The van der Waals surface area contributed by atoms with Crippen molar-refractivity contribution < 1.29 is 23.5 Å². The summed E-state index contributed by atoms with van der Waals surface area (Å²) < 4.78 is 19.9. The van der Waals surface area contributed by atoms with Gasteiger partial charge in [-0.3, -0.25) is 19.3 Å². The molecule has 0 saturated carbocycles. The average Bonchev–Trinajstić information content (AvgIpc) is 3.41. The Morgan fingerprint density at radius 1 is 1.11 bits per heavy atom. The maximum absolute atomic E-state index is 13.8. The number of thiazole rings is 1. The van der Waals surface area contributed by atoms with E-state index in [1.54, 1.807) is 6.07 Å². The number of carbonyl (C=O) groups is 3. The molecule has 3 aliphatic rings. The average molecular weight is 620 g/mol. The van der Waals surface area contributed by atoms with Gasteiger partial charge in [-0.1, -0.05) is 53.8 Å². The number of fused-ring (bicyclic) bond motifs is 2. The highest BCUT2D eigenvalue weighted by Crippen LogP contribution is 2.36. The van der Waals surface area contributed by atoms with Crippen LogP contribution in [0.15, 0.2) is 60.7 Å². The molecule has 2 fully saturated rings. The number of ether oxygens (including phenoxy) is 1. The lowest BCUT2D eigenvalue weighted by Gasteiger charge is -2.40. The van der Waals surface area contributed by atoms with Crippen LogP contribution in [0.1, 0.15) is 37.7 Å². The van der Waals surface area contributed by atoms with Gasteiger partial charge in [0.25, 0.3) is 0 Å². The maximum Gasteiger partial charge on any atom is 0.243 e. The molecule has 0 aliphatic carbocycles. The van der Waals surface area contributed by atoms with Gasteiger partial charge < -0.3 is 20.7 Å². The number of nitrogens with one attached hydrogen (secondary N) is 3. The third-order valence-electron chi connectivity index (χ3n) is 9.06. The van der Waals surface area contributed by atoms with Crippen LogP contribution in [0.4, 0.5) is 9.52 Å². The number of amides is 3. The fourth-order valence-corrected chi connectivity index (χ4v) is 7.42. The predicted molar refractivity (Wildman–Crippen MR) is 168 cm³/mol. The fraction of sp³-hybridized carbons (Fsp3) is 0.455. The SMILES string of the molecule is O=C(CN1CC[C@@H]2NC(=O)[C@@H](Cc3ccccc3)NC(=O)C3(C/C=C/C[C@@H]2C1)CCOCC3)Nc1nc2ccc(F)cc2s1. The first-order valence-electron chi connectivity index (χ1n) is 15.3. The lowest BCUT2D eigenvalue weighted by atomic mass is 9.75. The van der Waals surface area contributed by atoms with Gasteiger partial charge in [0.2, 0.25) is 17.7 Å². The third kappa shape index (κ3) is 7.17. The van der Waals surface area contributed by atoms with Gasteiger partial charge >= 0.3 is 0 Å². The highest BCUT2D eigenvalue weighted by atomic mass is 32.1. The molecule has 3 aromatic rings. The number of anilines is 1. The molecule has 3 amide bonds. The monoisotopic (exact) mass is 619 g/mol. The quantitative estimate of drug-likeness (QED) is 0.372. The molecule has 9 nitrogen and oxygen atoms in total. The van der Waals surface area contributed by atoms with Crippen LogP contribution in [-0.2, 0) is 25.5 Å². The normalized spacial score (nSPS) is 25.2. The number of rotatable bonds is 5. The van der Waals surface area contributed by atoms with E-state index in [9.17, 15) is 18.8 Å². The van der Waals surface area contributed by atoms with E-state index in [0.717, 1.165) is 12.0 Å². The number of piperidine rings is 1. The molecule has 2 aromatic carbocycles. The summed E-state index contributed by atoms with van der Waals surface area (Å²) in [7, 11) is 0. The van der Waals surface area contributed by atoms with Crippen LogP contribution in [-0.4, -0.2) is 72.5 Å². The summed E-state index contributed by atoms with van der Waals surface area (Å²) in [4.78, 5) is 47.0. The second kappa shape index (κ2) is 13.5. The minimum absolute atomic E-state index is 0.0854. The smallest absolute Gasteiger partial charge is 0.243 e. The minimum Gasteiger partial charge on any atom is -0.381 e. The van der Waals surface area contributed by atoms with E-state index in [4.69, 9.17) is 4.74 Å². The first-order chi connectivity index (χ1) is 21.4. The Kier molecular flexibility index (Phi) is 9.34. The number of allylic oxidation sites excluding steroid dienone is 2. The summed E-state index contributed by atoms with van der Waals surface area (Å²) in [6, 6.07) is 13.4. The molecule has 4 heterocycles. The number of hydrogen-bond donors (Lipinski definition) is 3. The zero-order valence-corrected chi connectivity index (χ0v) is 25.4. The van der Waals surface area contributed by atoms with Crippen molar-refractivity contribution in [1.29, 1.82) is 0 Å². The van der Waals surface area contributed by atoms with Crippen molar-refractivity contribution in [1.82, 2.24) is 20.5 Å². The lowest BCUT2D eigenvalue weighted by molar-refractivity contribution is -0.140. The van der Waals surface area contributed by atoms with E-state index in [1.807, 2.05) is 30.3 Å². The van der Waals surface area contributed by atoms with Gasteiger partial charge in [0.05, 0.1) is 22.2 Å². The Morgan fingerprint density at radius 3 is 2.75 bits per heavy atom. The molecule has 3 N–H and O–H groups in total. The van der Waals surface area contributed by atoms with Crippen LogP contribution < -0.4 is 16.0 Å². The van der Waals surface area contributed by atoms with Crippen molar-refractivity contribution in [2.45, 2.75) is 50.6 Å². The second-order valence-corrected chi connectivity index (χ2v) is 13.1. The molecule has 2 saturated heterocycles. The Labute approximate surface area is 260 Å². The first-order valence-corrected chi connectivity index (χ1v) is 16.1. The third-order valence-corrected chi connectivity index (χ3v) is 9.99. The standard InChI is InChI=1S/C33H38FN5O4S/c34-24-9-10-26-28(19-24)44-32(37-26)38-29(40)21-39-15-11-25-23(20-39)8-4-5-12-33(13-16-43-17-14-33)31(42)36-27(30(41)35-25)18-22-6-2-1-3-7-22/h1-7,9-10,19,23,25,27H,8,11-18,20-21H2,(H,35,41)(H,36,42)(H,37,38,40)/b5-4+/t23-,25+,27-/m1/s1. The number of likely N-dealkylation sites (tertiary alicyclic amines) is 1. The van der Waals surface area contributed by atoms with Crippen LogP contribution >= 0.6 is 11.3 Å². The van der Waals surface area contributed by atoms with Crippen LogP contribution in [0.5, 0.6) is 0 Å². The lowest BCUT2D eigenvalue weighted by Crippen LogP contribution is -2.58. The van der Waals surface area contributed by atoms with Crippen molar-refractivity contribution >= 4 is 44.4 Å². The first kappa shape index (κ1) is 30.4. The molecule has 3 aliphatic heterocycles. The van der Waals surface area contributed by atoms with Crippen molar-refractivity contribution in [2.24, 2.45) is 11.3 Å². The predicted octanol–water partition coefficient (Wildman–Crippen LogP) is 4.05. The summed E-state index contributed by atoms with van der Waals surface area (Å²) in [6.45, 7) is 2.52. The van der Waals surface area contributed by atoms with Crippen molar-refractivity contribution in [3.8, 4) is 0 Å². The molecule has 232 valence electrons. The Hall–Kier alpha value is -3.67. The summed E-state index contributed by atoms with van der Waals surface area (Å²) in [5.41, 5.74) is 1.02. The van der Waals surface area contributed by atoms with E-state index < -0.39 is 11.5 Å². The molecule has 1 aromatic heterocycles. The number of halogens is 1. The number of carbonyl (C=O) groups excluding carboxylic acids is 3. The van der Waals surface area contributed by atoms with Crippen molar-refractivity contribution in [3.05, 3.63) is 72.1 Å². The highest BCUT2D eigenvalue weighted by Gasteiger charge is 2.41. The number of nitrogens with zero attached hydrogens (tertiary/aromatic N) is 2. The van der Waals surface area contributed by atoms with Gasteiger partial charge in [-0.25, -0.2) is 9.37 Å². The number of aromatic nitrogens is 1. The molecule has 0 bridgehead atoms. The molecule has 0 unspecified atom stereocenters. The van der Waals surface area contributed by atoms with E-state index >= 15 is 0 Å². The van der Waals surface area contributed by atoms with Gasteiger partial charge in [-0.05, 0) is 61.8 Å². The topological polar surface area (TPSA) is 113 Å². The van der Waals surface area contributed by atoms with E-state index in [0.29, 0.717) is 73.8 Å². The van der Waals surface area contributed by atoms with E-state index in [-0.39, 0.29) is 42.0 Å². The Bertz CT molecular complexity index is 1520. The fourth-order valence-electron chi connectivity index (χ4n) is 6.51. The molecule has 0 radical (unpaired) electrons. The van der Waals surface area contributed by atoms with Gasteiger partial charge in [0, 0.05) is 38.8 Å². The molecule has 1 spiro atoms. The minimum atomic E-state index is -0.695. The van der Waals surface area contributed by atoms with Crippen LogP contribution in [0.3, 0.4) is 0 Å². The largest absolute Gasteiger partial charge is 0.381 e. The van der Waals surface area contributed by atoms with Gasteiger partial charge in [0.15, 0.2) is 5.13 Å². The van der Waals surface area contributed by atoms with Crippen LogP contribution in [0.2, 0.25) is 0 Å². The molecule has 44 heavy (non-hydrogen) atoms. The van der Waals surface area contributed by atoms with Gasteiger partial charge in [0.1, 0.15) is 11.9 Å². The zero-order chi connectivity index (χ0) is 30.5. The molecule has 6 rings (SSSR count). The number of benzene rings is 2. The van der Waals surface area contributed by atoms with Crippen molar-refractivity contribution in [2.75, 3.05) is 38.2 Å². The van der Waals surface area contributed by atoms with Gasteiger partial charge in [-0.15, -0.1) is 0 Å². The second-order valence-electron chi connectivity index (χ2n) is 12.1. The molecule has 11 heteroatoms. The molecular formula is C33H38FN5O4S.